The van der Waals surface area contributed by atoms with Gasteiger partial charge in [0.2, 0.25) is 0 Å². The van der Waals surface area contributed by atoms with Gasteiger partial charge in [-0.2, -0.15) is 0 Å². The van der Waals surface area contributed by atoms with Crippen LogP contribution < -0.4 is 19.3 Å². The number of rotatable bonds is 8. The van der Waals surface area contributed by atoms with Crippen molar-refractivity contribution in [3.05, 3.63) is 55.6 Å². The van der Waals surface area contributed by atoms with Crippen LogP contribution in [0.5, 0.6) is 11.5 Å². The molecule has 14 nitrogen and oxygen atoms in total. The molecular weight excluding hydrogens is 524 g/mol. The molecule has 0 radical (unpaired) electrons. The Bertz CT molecular complexity index is 1240. The molecule has 40 heavy (non-hydrogen) atoms. The van der Waals surface area contributed by atoms with Gasteiger partial charge >= 0.3 is 0 Å². The molecule has 14 heteroatoms. The molecular formula is C26H34N6O8. The van der Waals surface area contributed by atoms with E-state index in [9.17, 15) is 29.8 Å². The Labute approximate surface area is 231 Å². The van der Waals surface area contributed by atoms with Crippen LogP contribution in [0.2, 0.25) is 0 Å². The van der Waals surface area contributed by atoms with E-state index in [0.717, 1.165) is 0 Å². The number of hydrogen-bond donors (Lipinski definition) is 0. The molecule has 2 aromatic carbocycles. The van der Waals surface area contributed by atoms with Crippen molar-refractivity contribution in [1.29, 1.82) is 0 Å². The predicted octanol–water partition coefficient (Wildman–Crippen LogP) is 3.03. The Kier molecular flexibility index (Phi) is 8.71. The molecule has 2 atom stereocenters. The maximum Gasteiger partial charge on any atom is 0.293 e. The van der Waals surface area contributed by atoms with E-state index in [0.29, 0.717) is 11.4 Å². The number of nitrogens with zero attached hydrogens (tertiary/aromatic N) is 6. The predicted molar refractivity (Wildman–Crippen MR) is 149 cm³/mol. The van der Waals surface area contributed by atoms with Gasteiger partial charge < -0.3 is 29.1 Å². The Morgan fingerprint density at radius 3 is 1.32 bits per heavy atom. The Balaban J connectivity index is 1.95. The van der Waals surface area contributed by atoms with Crippen LogP contribution in [0.25, 0.3) is 0 Å². The number of anilines is 2. The fourth-order valence-electron chi connectivity index (χ4n) is 4.80. The van der Waals surface area contributed by atoms with Gasteiger partial charge in [0.1, 0.15) is 22.9 Å². The third-order valence-corrected chi connectivity index (χ3v) is 6.92. The lowest BCUT2D eigenvalue weighted by Crippen LogP contribution is -2.59. The van der Waals surface area contributed by atoms with E-state index in [2.05, 4.69) is 0 Å². The van der Waals surface area contributed by atoms with Gasteiger partial charge in [-0.05, 0) is 13.8 Å². The first-order valence-electron chi connectivity index (χ1n) is 12.4. The highest BCUT2D eigenvalue weighted by molar-refractivity contribution is 6.01. The van der Waals surface area contributed by atoms with Crippen molar-refractivity contribution in [2.75, 3.05) is 65.3 Å². The highest BCUT2D eigenvalue weighted by atomic mass is 16.6. The largest absolute Gasteiger partial charge is 0.496 e. The summed E-state index contributed by atoms with van der Waals surface area (Å²) in [6.07, 6.45) is 0. The first-order chi connectivity index (χ1) is 18.7. The second-order valence-corrected chi connectivity index (χ2v) is 10.00. The highest BCUT2D eigenvalue weighted by Crippen LogP contribution is 2.37. The number of carbonyl (C=O) groups excluding carboxylic acids is 2. The van der Waals surface area contributed by atoms with Crippen molar-refractivity contribution < 1.29 is 28.9 Å². The minimum Gasteiger partial charge on any atom is -0.496 e. The molecule has 0 saturated carbocycles. The lowest BCUT2D eigenvalue weighted by Gasteiger charge is -2.44. The molecule has 0 unspecified atom stereocenters. The maximum atomic E-state index is 13.7. The maximum absolute atomic E-state index is 13.7. The molecule has 0 bridgehead atoms. The summed E-state index contributed by atoms with van der Waals surface area (Å²) in [5.74, 6) is -0.563. The molecule has 0 N–H and O–H groups in total. The average molecular weight is 559 g/mol. The van der Waals surface area contributed by atoms with Gasteiger partial charge in [-0.15, -0.1) is 0 Å². The molecule has 0 spiro atoms. The average Bonchev–Trinajstić information content (AvgIpc) is 2.91. The molecule has 0 aliphatic carbocycles. The van der Waals surface area contributed by atoms with Crippen LogP contribution in [-0.4, -0.2) is 99.0 Å². The van der Waals surface area contributed by atoms with Crippen LogP contribution in [0.3, 0.4) is 0 Å². The van der Waals surface area contributed by atoms with Gasteiger partial charge in [-0.25, -0.2) is 0 Å². The number of hydrogen-bond acceptors (Lipinski definition) is 10. The highest BCUT2D eigenvalue weighted by Gasteiger charge is 2.38. The molecule has 1 heterocycles. The zero-order valence-corrected chi connectivity index (χ0v) is 23.8. The lowest BCUT2D eigenvalue weighted by atomic mass is 10.0. The van der Waals surface area contributed by atoms with E-state index in [1.54, 1.807) is 61.6 Å². The lowest BCUT2D eigenvalue weighted by molar-refractivity contribution is -0.384. The molecule has 1 saturated heterocycles. The van der Waals surface area contributed by atoms with Gasteiger partial charge in [0.25, 0.3) is 23.2 Å². The zero-order valence-electron chi connectivity index (χ0n) is 23.8. The molecule has 2 aromatic rings. The second kappa shape index (κ2) is 11.6. The van der Waals surface area contributed by atoms with Gasteiger partial charge in [-0.1, -0.05) is 0 Å². The monoisotopic (exact) mass is 558 g/mol. The first kappa shape index (κ1) is 29.9. The molecule has 216 valence electrons. The smallest absolute Gasteiger partial charge is 0.293 e. The molecule has 0 aromatic heterocycles. The third kappa shape index (κ3) is 5.55. The number of methoxy groups -OCH3 is 2. The second-order valence-electron chi connectivity index (χ2n) is 10.00. The third-order valence-electron chi connectivity index (χ3n) is 6.92. The van der Waals surface area contributed by atoms with Crippen LogP contribution in [-0.2, 0) is 0 Å². The Morgan fingerprint density at radius 2 is 1.07 bits per heavy atom. The van der Waals surface area contributed by atoms with E-state index >= 15 is 0 Å². The zero-order chi connectivity index (χ0) is 30.0. The summed E-state index contributed by atoms with van der Waals surface area (Å²) < 4.78 is 10.8. The number of ether oxygens (including phenoxy) is 2. The van der Waals surface area contributed by atoms with E-state index in [-0.39, 0.29) is 47.1 Å². The van der Waals surface area contributed by atoms with E-state index < -0.39 is 33.7 Å². The number of nitro groups is 2. The van der Waals surface area contributed by atoms with Crippen molar-refractivity contribution in [2.24, 2.45) is 0 Å². The van der Waals surface area contributed by atoms with Crippen molar-refractivity contribution in [3.63, 3.8) is 0 Å². The van der Waals surface area contributed by atoms with Crippen LogP contribution in [0, 0.1) is 20.2 Å². The van der Waals surface area contributed by atoms with Crippen molar-refractivity contribution in [2.45, 2.75) is 25.9 Å². The summed E-state index contributed by atoms with van der Waals surface area (Å²) in [6.45, 7) is 3.76. The van der Waals surface area contributed by atoms with Crippen molar-refractivity contribution in [1.82, 2.24) is 9.80 Å². The number of benzene rings is 2. The summed E-state index contributed by atoms with van der Waals surface area (Å²) in [7, 11) is 9.38. The Hall–Kier alpha value is -4.62. The van der Waals surface area contributed by atoms with Crippen LogP contribution in [0.1, 0.15) is 34.6 Å². The topological polar surface area (TPSA) is 152 Å². The van der Waals surface area contributed by atoms with Crippen molar-refractivity contribution in [3.8, 4) is 11.5 Å². The summed E-state index contributed by atoms with van der Waals surface area (Å²) in [5.41, 5.74) is 0.180. The van der Waals surface area contributed by atoms with E-state index in [4.69, 9.17) is 9.47 Å². The van der Waals surface area contributed by atoms with E-state index in [1.165, 1.54) is 38.5 Å². The van der Waals surface area contributed by atoms with Gasteiger partial charge in [0, 0.05) is 77.6 Å². The summed E-state index contributed by atoms with van der Waals surface area (Å²) in [4.78, 5) is 55.9. The van der Waals surface area contributed by atoms with Gasteiger partial charge in [0.15, 0.2) is 0 Å². The van der Waals surface area contributed by atoms with Crippen LogP contribution >= 0.6 is 0 Å². The summed E-state index contributed by atoms with van der Waals surface area (Å²) >= 11 is 0. The standard InChI is InChI=1S/C26H34N6O8/c1-15-13-30(26(34)18-10-22(32(37)38)20(28(5)6)12-24(18)40-8)16(2)14-29(15)25(33)17-9-21(31(35)36)19(27(3)4)11-23(17)39-7/h9-12,15-16H,13-14H2,1-8H3/t15-,16+. The number of nitro benzene ring substituents is 2. The molecule has 1 aliphatic rings. The summed E-state index contributed by atoms with van der Waals surface area (Å²) in [5, 5.41) is 23.5. The SMILES string of the molecule is COc1cc(N(C)C)c([N+](=O)[O-])cc1C(=O)N1C[C@H](C)N(C(=O)c2cc([N+](=O)[O-])c(N(C)C)cc2OC)C[C@H]1C. The number of carbonyl (C=O) groups is 2. The molecule has 1 fully saturated rings. The van der Waals surface area contributed by atoms with Gasteiger partial charge in [-0.3, -0.25) is 29.8 Å². The molecule has 1 aliphatic heterocycles. The van der Waals surface area contributed by atoms with Crippen LogP contribution in [0.4, 0.5) is 22.7 Å². The fraction of sp³-hybridized carbons (Fsp3) is 0.462. The quantitative estimate of drug-likeness (QED) is 0.349. The number of amides is 2. The summed E-state index contributed by atoms with van der Waals surface area (Å²) in [6, 6.07) is 4.37. The number of piperazine rings is 1. The van der Waals surface area contributed by atoms with E-state index in [1.807, 2.05) is 0 Å². The van der Waals surface area contributed by atoms with Crippen LogP contribution in [0.15, 0.2) is 24.3 Å². The minimum atomic E-state index is -0.553. The minimum absolute atomic E-state index is 0.0372. The first-order valence-corrected chi connectivity index (χ1v) is 12.4. The normalized spacial score (nSPS) is 16.8. The fourth-order valence-corrected chi connectivity index (χ4v) is 4.80. The van der Waals surface area contributed by atoms with Gasteiger partial charge in [0.05, 0.1) is 35.2 Å². The molecule has 2 amide bonds. The van der Waals surface area contributed by atoms with Crippen molar-refractivity contribution >= 4 is 34.6 Å². The Morgan fingerprint density at radius 1 is 0.750 bits per heavy atom. The molecule has 3 rings (SSSR count).